The molecule has 0 bridgehead atoms. The van der Waals surface area contributed by atoms with Crippen molar-refractivity contribution in [2.24, 2.45) is 0 Å². The summed E-state index contributed by atoms with van der Waals surface area (Å²) in [6.07, 6.45) is 0. The third-order valence-corrected chi connectivity index (χ3v) is 5.90. The number of rotatable bonds is 0. The van der Waals surface area contributed by atoms with Crippen LogP contribution in [-0.2, 0) is 5.41 Å². The summed E-state index contributed by atoms with van der Waals surface area (Å²) in [5.41, 5.74) is 10.9. The highest BCUT2D eigenvalue weighted by atomic mass is 14.5. The molecule has 0 radical (unpaired) electrons. The van der Waals surface area contributed by atoms with E-state index >= 15 is 0 Å². The second-order valence-corrected chi connectivity index (χ2v) is 6.93. The second-order valence-electron chi connectivity index (χ2n) is 6.93. The van der Waals surface area contributed by atoms with E-state index in [0.29, 0.717) is 0 Å². The topological polar surface area (TPSA) is 0 Å². The summed E-state index contributed by atoms with van der Waals surface area (Å²) in [4.78, 5) is 0. The van der Waals surface area contributed by atoms with Gasteiger partial charge in [-0.3, -0.25) is 0 Å². The van der Waals surface area contributed by atoms with E-state index in [2.05, 4.69) is 97.1 Å². The van der Waals surface area contributed by atoms with Gasteiger partial charge in [-0.15, -0.1) is 0 Å². The molecule has 0 atom stereocenters. The van der Waals surface area contributed by atoms with Crippen LogP contribution < -0.4 is 0 Å². The van der Waals surface area contributed by atoms with E-state index in [1.54, 1.807) is 0 Å². The van der Waals surface area contributed by atoms with E-state index in [0.717, 1.165) is 0 Å². The van der Waals surface area contributed by atoms with Crippen LogP contribution in [-0.4, -0.2) is 0 Å². The minimum absolute atomic E-state index is 0. The standard InChI is InChI=1S/C25H16.3CH4/c1-5-13-21-17(9-1)18-10-2-6-14-22(18)25(21)23-15-7-3-11-19(23)20-12-4-8-16-24(20)25;;;/h1-16H;3*1H4. The Balaban J connectivity index is 0.000000750. The van der Waals surface area contributed by atoms with Crippen molar-refractivity contribution >= 4 is 0 Å². The molecule has 1 spiro atoms. The highest BCUT2D eigenvalue weighted by Gasteiger charge is 2.51. The van der Waals surface area contributed by atoms with E-state index in [4.69, 9.17) is 0 Å². The van der Waals surface area contributed by atoms with Crippen LogP contribution >= 0.6 is 0 Å². The first-order valence-electron chi connectivity index (χ1n) is 8.81. The number of fused-ring (bicyclic) bond motifs is 10. The van der Waals surface area contributed by atoms with E-state index in [1.165, 1.54) is 44.5 Å². The van der Waals surface area contributed by atoms with Crippen molar-refractivity contribution in [3.05, 3.63) is 119 Å². The first-order valence-corrected chi connectivity index (χ1v) is 8.81. The van der Waals surface area contributed by atoms with Gasteiger partial charge in [-0.25, -0.2) is 0 Å². The lowest BCUT2D eigenvalue weighted by molar-refractivity contribution is 0.794. The quantitative estimate of drug-likeness (QED) is 0.256. The molecule has 4 aromatic rings. The van der Waals surface area contributed by atoms with Gasteiger partial charge in [-0.2, -0.15) is 0 Å². The smallest absolute Gasteiger partial charge is 0.0725 e. The third-order valence-electron chi connectivity index (χ3n) is 5.90. The Morgan fingerprint density at radius 3 is 0.786 bits per heavy atom. The van der Waals surface area contributed by atoms with Gasteiger partial charge in [0, 0.05) is 0 Å². The van der Waals surface area contributed by atoms with Crippen LogP contribution in [0.4, 0.5) is 0 Å². The summed E-state index contributed by atoms with van der Waals surface area (Å²) < 4.78 is 0. The van der Waals surface area contributed by atoms with Crippen molar-refractivity contribution in [2.45, 2.75) is 27.7 Å². The molecule has 28 heavy (non-hydrogen) atoms. The highest BCUT2D eigenvalue weighted by Crippen LogP contribution is 2.62. The van der Waals surface area contributed by atoms with E-state index in [9.17, 15) is 0 Å². The number of hydrogen-bond donors (Lipinski definition) is 0. The Kier molecular flexibility index (Phi) is 4.77. The summed E-state index contributed by atoms with van der Waals surface area (Å²) in [7, 11) is 0. The van der Waals surface area contributed by atoms with Crippen LogP contribution in [0.1, 0.15) is 44.5 Å². The molecule has 0 unspecified atom stereocenters. The molecule has 0 heteroatoms. The Morgan fingerprint density at radius 1 is 0.321 bits per heavy atom. The summed E-state index contributed by atoms with van der Waals surface area (Å²) in [5, 5.41) is 0. The molecule has 0 saturated heterocycles. The molecule has 0 heterocycles. The van der Waals surface area contributed by atoms with Crippen molar-refractivity contribution in [3.63, 3.8) is 0 Å². The molecule has 0 fully saturated rings. The average Bonchev–Trinajstić information content (AvgIpc) is 3.16. The lowest BCUT2D eigenvalue weighted by atomic mass is 9.70. The molecule has 0 aliphatic heterocycles. The zero-order valence-corrected chi connectivity index (χ0v) is 13.7. The predicted octanol–water partition coefficient (Wildman–Crippen LogP) is 7.94. The maximum absolute atomic E-state index is 2.31. The largest absolute Gasteiger partial charge is 0.0776 e. The maximum Gasteiger partial charge on any atom is 0.0725 e. The summed E-state index contributed by atoms with van der Waals surface area (Å²) in [6.45, 7) is 0. The van der Waals surface area contributed by atoms with Crippen molar-refractivity contribution in [3.8, 4) is 22.3 Å². The summed E-state index contributed by atoms with van der Waals surface area (Å²) in [5.74, 6) is 0. The molecule has 0 aromatic heterocycles. The van der Waals surface area contributed by atoms with Crippen molar-refractivity contribution < 1.29 is 0 Å². The highest BCUT2D eigenvalue weighted by molar-refractivity contribution is 5.94. The minimum atomic E-state index is -0.180. The molecule has 2 aliphatic rings. The van der Waals surface area contributed by atoms with Crippen molar-refractivity contribution in [1.82, 2.24) is 0 Å². The molecule has 0 N–H and O–H groups in total. The van der Waals surface area contributed by atoms with Gasteiger partial charge in [0.1, 0.15) is 0 Å². The fraction of sp³-hybridized carbons (Fsp3) is 0.143. The van der Waals surface area contributed by atoms with E-state index < -0.39 is 0 Å². The predicted molar refractivity (Wildman–Crippen MR) is 123 cm³/mol. The number of hydrogen-bond acceptors (Lipinski definition) is 0. The SMILES string of the molecule is C.C.C.c1ccc2c(c1)-c1ccccc1C21c2ccccc2-c2ccccc21. The monoisotopic (exact) mass is 364 g/mol. The van der Waals surface area contributed by atoms with Crippen LogP contribution in [0.2, 0.25) is 0 Å². The van der Waals surface area contributed by atoms with Gasteiger partial charge < -0.3 is 0 Å². The Bertz CT molecular complexity index is 962. The van der Waals surface area contributed by atoms with Crippen LogP contribution in [0.5, 0.6) is 0 Å². The van der Waals surface area contributed by atoms with Crippen LogP contribution in [0.25, 0.3) is 22.3 Å². The van der Waals surface area contributed by atoms with Crippen LogP contribution in [0.3, 0.4) is 0 Å². The second kappa shape index (κ2) is 6.80. The summed E-state index contributed by atoms with van der Waals surface area (Å²) in [6, 6.07) is 35.7. The molecule has 0 saturated carbocycles. The number of benzene rings is 4. The molecule has 0 amide bonds. The Morgan fingerprint density at radius 2 is 0.536 bits per heavy atom. The van der Waals surface area contributed by atoms with Gasteiger partial charge >= 0.3 is 0 Å². The van der Waals surface area contributed by atoms with Gasteiger partial charge in [-0.1, -0.05) is 119 Å². The fourth-order valence-electron chi connectivity index (χ4n) is 5.05. The third kappa shape index (κ3) is 2.06. The van der Waals surface area contributed by atoms with Gasteiger partial charge in [0.05, 0.1) is 5.41 Å². The van der Waals surface area contributed by atoms with Crippen molar-refractivity contribution in [1.29, 1.82) is 0 Å². The Labute approximate surface area is 169 Å². The molecule has 140 valence electrons. The van der Waals surface area contributed by atoms with Gasteiger partial charge in [0.15, 0.2) is 0 Å². The molecular formula is C28H28. The van der Waals surface area contributed by atoms with Crippen LogP contribution in [0.15, 0.2) is 97.1 Å². The van der Waals surface area contributed by atoms with Crippen LogP contribution in [0, 0.1) is 0 Å². The minimum Gasteiger partial charge on any atom is -0.0776 e. The Hall–Kier alpha value is -3.12. The molecule has 6 rings (SSSR count). The lowest BCUT2D eigenvalue weighted by Gasteiger charge is -2.30. The van der Waals surface area contributed by atoms with E-state index in [-0.39, 0.29) is 27.7 Å². The zero-order valence-electron chi connectivity index (χ0n) is 13.7. The average molecular weight is 365 g/mol. The first-order chi connectivity index (χ1) is 12.4. The maximum atomic E-state index is 2.31. The van der Waals surface area contributed by atoms with Gasteiger partial charge in [-0.05, 0) is 44.5 Å². The normalized spacial score (nSPS) is 13.1. The van der Waals surface area contributed by atoms with Gasteiger partial charge in [0.25, 0.3) is 0 Å². The first kappa shape index (κ1) is 19.6. The zero-order chi connectivity index (χ0) is 16.4. The lowest BCUT2D eigenvalue weighted by Crippen LogP contribution is -2.25. The fourth-order valence-corrected chi connectivity index (χ4v) is 5.05. The molecule has 2 aliphatic carbocycles. The molecule has 4 aromatic carbocycles. The van der Waals surface area contributed by atoms with Crippen molar-refractivity contribution in [2.75, 3.05) is 0 Å². The van der Waals surface area contributed by atoms with E-state index in [1.807, 2.05) is 0 Å². The summed E-state index contributed by atoms with van der Waals surface area (Å²) >= 11 is 0. The van der Waals surface area contributed by atoms with Gasteiger partial charge in [0.2, 0.25) is 0 Å². The molecule has 0 nitrogen and oxygen atoms in total. The molecular weight excluding hydrogens is 336 g/mol.